The molecule has 2 aromatic rings. The van der Waals surface area contributed by atoms with Gasteiger partial charge >= 0.3 is 0 Å². The molecule has 1 aromatic heterocycles. The van der Waals surface area contributed by atoms with E-state index in [-0.39, 0.29) is 17.8 Å². The Hall–Kier alpha value is -1.99. The first-order valence-corrected chi connectivity index (χ1v) is 7.34. The average molecular weight is 306 g/mol. The third-order valence-corrected chi connectivity index (χ3v) is 4.01. The number of halogens is 1. The van der Waals surface area contributed by atoms with E-state index in [1.807, 2.05) is 11.6 Å². The number of imidazole rings is 1. The minimum absolute atomic E-state index is 0.110. The third-order valence-electron chi connectivity index (χ3n) is 4.01. The van der Waals surface area contributed by atoms with Crippen LogP contribution in [0.2, 0.25) is 0 Å². The summed E-state index contributed by atoms with van der Waals surface area (Å²) < 4.78 is 15.1. The van der Waals surface area contributed by atoms with E-state index in [1.54, 1.807) is 6.07 Å². The zero-order valence-electron chi connectivity index (χ0n) is 12.3. The fraction of sp³-hybridized carbons (Fsp3) is 0.467. The topological polar surface area (TPSA) is 79.2 Å². The zero-order valence-corrected chi connectivity index (χ0v) is 12.3. The Balaban J connectivity index is 1.60. The van der Waals surface area contributed by atoms with Gasteiger partial charge in [-0.2, -0.15) is 0 Å². The van der Waals surface area contributed by atoms with Crippen molar-refractivity contribution in [3.63, 3.8) is 0 Å². The fourth-order valence-electron chi connectivity index (χ4n) is 2.78. The van der Waals surface area contributed by atoms with Crippen molar-refractivity contribution in [1.29, 1.82) is 0 Å². The lowest BCUT2D eigenvalue weighted by Gasteiger charge is -2.10. The Morgan fingerprint density at radius 1 is 1.59 bits per heavy atom. The van der Waals surface area contributed by atoms with Gasteiger partial charge in [-0.3, -0.25) is 4.79 Å². The van der Waals surface area contributed by atoms with Gasteiger partial charge in [-0.05, 0) is 18.6 Å². The van der Waals surface area contributed by atoms with Crippen molar-refractivity contribution in [3.05, 3.63) is 29.8 Å². The first kappa shape index (κ1) is 14.9. The molecule has 1 fully saturated rings. The second-order valence-electron chi connectivity index (χ2n) is 5.61. The lowest BCUT2D eigenvalue weighted by Crippen LogP contribution is -2.41. The quantitative estimate of drug-likeness (QED) is 0.748. The van der Waals surface area contributed by atoms with Gasteiger partial charge < -0.3 is 20.3 Å². The number of carbonyl (C=O) groups excluding carboxylic acids is 1. The Kier molecular flexibility index (Phi) is 4.08. The number of benzene rings is 1. The second kappa shape index (κ2) is 6.02. The molecule has 3 rings (SSSR count). The summed E-state index contributed by atoms with van der Waals surface area (Å²) >= 11 is 0. The molecule has 6 nitrogen and oxygen atoms in total. The normalized spacial score (nSPS) is 21.4. The minimum Gasteiger partial charge on any atom is -0.392 e. The number of β-amino-alcohol motifs (C(OH)–C–C–N with tert-alkyl or cyclic N) is 1. The molecule has 0 aliphatic carbocycles. The molecular weight excluding hydrogens is 287 g/mol. The number of hydrogen-bond acceptors (Lipinski definition) is 4. The van der Waals surface area contributed by atoms with E-state index in [1.165, 1.54) is 12.1 Å². The summed E-state index contributed by atoms with van der Waals surface area (Å²) in [6.45, 7) is 0.904. The molecule has 0 saturated carbocycles. The fourth-order valence-corrected chi connectivity index (χ4v) is 2.78. The Labute approximate surface area is 127 Å². The number of aliphatic hydroxyl groups is 1. The van der Waals surface area contributed by atoms with Crippen molar-refractivity contribution in [2.24, 2.45) is 7.05 Å². The molecule has 7 heteroatoms. The largest absolute Gasteiger partial charge is 0.392 e. The summed E-state index contributed by atoms with van der Waals surface area (Å²) in [5.41, 5.74) is 1.48. The number of carbonyl (C=O) groups is 1. The molecular formula is C15H19FN4O2. The number of hydrogen-bond donors (Lipinski definition) is 3. The molecule has 0 radical (unpaired) electrons. The van der Waals surface area contributed by atoms with Crippen LogP contribution < -0.4 is 10.6 Å². The maximum atomic E-state index is 13.2. The van der Waals surface area contributed by atoms with Crippen LogP contribution in [0.3, 0.4) is 0 Å². The molecule has 3 N–H and O–H groups in total. The van der Waals surface area contributed by atoms with Gasteiger partial charge in [0.15, 0.2) is 0 Å². The van der Waals surface area contributed by atoms with Crippen LogP contribution in [0, 0.1) is 5.82 Å². The summed E-state index contributed by atoms with van der Waals surface area (Å²) in [4.78, 5) is 16.3. The predicted octanol–water partition coefficient (Wildman–Crippen LogP) is 0.0939. The van der Waals surface area contributed by atoms with E-state index >= 15 is 0 Å². The highest BCUT2D eigenvalue weighted by atomic mass is 19.1. The summed E-state index contributed by atoms with van der Waals surface area (Å²) in [6.07, 6.45) is 0.552. The molecule has 0 bridgehead atoms. The van der Waals surface area contributed by atoms with Gasteiger partial charge in [0.2, 0.25) is 5.91 Å². The van der Waals surface area contributed by atoms with Crippen LogP contribution >= 0.6 is 0 Å². The monoisotopic (exact) mass is 306 g/mol. The van der Waals surface area contributed by atoms with Gasteiger partial charge in [-0.15, -0.1) is 0 Å². The van der Waals surface area contributed by atoms with Crippen LogP contribution in [0.25, 0.3) is 11.0 Å². The number of rotatable bonds is 4. The maximum absolute atomic E-state index is 13.2. The van der Waals surface area contributed by atoms with Crippen molar-refractivity contribution in [1.82, 2.24) is 20.2 Å². The molecule has 2 heterocycles. The van der Waals surface area contributed by atoms with Gasteiger partial charge in [0.05, 0.1) is 23.2 Å². The van der Waals surface area contributed by atoms with Gasteiger partial charge in [0.1, 0.15) is 11.6 Å². The van der Waals surface area contributed by atoms with Crippen molar-refractivity contribution >= 4 is 16.9 Å². The summed E-state index contributed by atoms with van der Waals surface area (Å²) in [5.74, 6) is 0.373. The predicted molar refractivity (Wildman–Crippen MR) is 79.8 cm³/mol. The molecule has 22 heavy (non-hydrogen) atoms. The number of fused-ring (bicyclic) bond motifs is 1. The SMILES string of the molecule is Cn1c(CCNC(=O)C2CC(O)CN2)nc2cc(F)ccc21. The van der Waals surface area contributed by atoms with Gasteiger partial charge in [0.25, 0.3) is 0 Å². The van der Waals surface area contributed by atoms with Gasteiger partial charge in [0, 0.05) is 32.6 Å². The molecule has 1 aliphatic heterocycles. The van der Waals surface area contributed by atoms with Gasteiger partial charge in [-0.1, -0.05) is 0 Å². The van der Waals surface area contributed by atoms with Crippen molar-refractivity contribution in [3.8, 4) is 0 Å². The van der Waals surface area contributed by atoms with E-state index in [9.17, 15) is 14.3 Å². The average Bonchev–Trinajstić information content (AvgIpc) is 3.04. The Bertz CT molecular complexity index is 700. The van der Waals surface area contributed by atoms with Crippen LogP contribution in [0.4, 0.5) is 4.39 Å². The molecule has 1 amide bonds. The summed E-state index contributed by atoms with van der Waals surface area (Å²) in [5, 5.41) is 15.2. The number of amides is 1. The number of nitrogens with zero attached hydrogens (tertiary/aromatic N) is 2. The van der Waals surface area contributed by atoms with E-state index in [0.717, 1.165) is 11.3 Å². The lowest BCUT2D eigenvalue weighted by atomic mass is 10.2. The highest BCUT2D eigenvalue weighted by molar-refractivity contribution is 5.82. The van der Waals surface area contributed by atoms with E-state index < -0.39 is 6.10 Å². The third kappa shape index (κ3) is 2.95. The second-order valence-corrected chi connectivity index (χ2v) is 5.61. The van der Waals surface area contributed by atoms with Crippen LogP contribution in [0.5, 0.6) is 0 Å². The highest BCUT2D eigenvalue weighted by Crippen LogP contribution is 2.16. The standard InChI is InChI=1S/C15H19FN4O2/c1-20-13-3-2-9(16)6-11(13)19-14(20)4-5-17-15(22)12-7-10(21)8-18-12/h2-3,6,10,12,18,21H,4-5,7-8H2,1H3,(H,17,22). The number of aromatic nitrogens is 2. The van der Waals surface area contributed by atoms with Crippen LogP contribution in [0.15, 0.2) is 18.2 Å². The molecule has 118 valence electrons. The lowest BCUT2D eigenvalue weighted by molar-refractivity contribution is -0.122. The summed E-state index contributed by atoms with van der Waals surface area (Å²) in [7, 11) is 1.87. The smallest absolute Gasteiger partial charge is 0.237 e. The van der Waals surface area contributed by atoms with Crippen LogP contribution in [0.1, 0.15) is 12.2 Å². The Morgan fingerprint density at radius 3 is 3.14 bits per heavy atom. The molecule has 1 saturated heterocycles. The number of aryl methyl sites for hydroxylation is 1. The van der Waals surface area contributed by atoms with Crippen molar-refractivity contribution in [2.45, 2.75) is 25.0 Å². The maximum Gasteiger partial charge on any atom is 0.237 e. The zero-order chi connectivity index (χ0) is 15.7. The van der Waals surface area contributed by atoms with E-state index in [2.05, 4.69) is 15.6 Å². The van der Waals surface area contributed by atoms with Crippen molar-refractivity contribution < 1.29 is 14.3 Å². The molecule has 2 atom stereocenters. The number of nitrogens with one attached hydrogen (secondary N) is 2. The van der Waals surface area contributed by atoms with Crippen LogP contribution in [-0.4, -0.2) is 45.8 Å². The minimum atomic E-state index is -0.453. The van der Waals surface area contributed by atoms with E-state index in [0.29, 0.717) is 31.4 Å². The van der Waals surface area contributed by atoms with Gasteiger partial charge in [-0.25, -0.2) is 9.37 Å². The molecule has 1 aromatic carbocycles. The van der Waals surface area contributed by atoms with Crippen molar-refractivity contribution in [2.75, 3.05) is 13.1 Å². The molecule has 2 unspecified atom stereocenters. The van der Waals surface area contributed by atoms with Crippen LogP contribution in [-0.2, 0) is 18.3 Å². The molecule has 0 spiro atoms. The molecule has 1 aliphatic rings. The first-order chi connectivity index (χ1) is 10.5. The Morgan fingerprint density at radius 2 is 2.41 bits per heavy atom. The number of aliphatic hydroxyl groups excluding tert-OH is 1. The highest BCUT2D eigenvalue weighted by Gasteiger charge is 2.27. The first-order valence-electron chi connectivity index (χ1n) is 7.34. The summed E-state index contributed by atoms with van der Waals surface area (Å²) in [6, 6.07) is 4.18. The van der Waals surface area contributed by atoms with E-state index in [4.69, 9.17) is 0 Å².